The minimum absolute atomic E-state index is 0.146. The molecule has 4 aromatic rings. The zero-order chi connectivity index (χ0) is 29.1. The van der Waals surface area contributed by atoms with E-state index in [1.807, 2.05) is 19.9 Å². The number of fused-ring (bicyclic) bond motifs is 3. The Morgan fingerprint density at radius 1 is 1.07 bits per heavy atom. The van der Waals surface area contributed by atoms with Crippen molar-refractivity contribution in [3.05, 3.63) is 101 Å². The first kappa shape index (κ1) is 27.6. The summed E-state index contributed by atoms with van der Waals surface area (Å²) < 4.78 is 24.3. The Kier molecular flexibility index (Phi) is 7.56. The lowest BCUT2D eigenvalue weighted by Gasteiger charge is -2.29. The lowest BCUT2D eigenvalue weighted by Crippen LogP contribution is -2.37. The molecule has 0 aliphatic carbocycles. The number of ether oxygens (including phenoxy) is 2. The number of rotatable bonds is 6. The number of carbonyl (C=O) groups is 3. The molecular weight excluding hydrogens is 527 g/mol. The molecule has 5 rings (SSSR count). The van der Waals surface area contributed by atoms with Crippen molar-refractivity contribution in [3.8, 4) is 5.75 Å². The van der Waals surface area contributed by atoms with Crippen LogP contribution in [-0.2, 0) is 21.5 Å². The SMILES string of the molecule is CCOC(=O)C1=CN(C(=O)c2ccc(F)cc2)CC(C)(C)c2c1[nH]c1cc(OC(=O)NCc3ccncc3)ccc21. The molecule has 2 amide bonds. The van der Waals surface area contributed by atoms with Gasteiger partial charge < -0.3 is 24.7 Å². The van der Waals surface area contributed by atoms with Crippen LogP contribution in [0.1, 0.15) is 48.0 Å². The molecule has 2 aromatic heterocycles. The number of nitrogens with one attached hydrogen (secondary N) is 2. The Hall–Kier alpha value is -4.99. The Balaban J connectivity index is 1.49. The molecule has 0 unspecified atom stereocenters. The summed E-state index contributed by atoms with van der Waals surface area (Å²) >= 11 is 0. The van der Waals surface area contributed by atoms with Crippen LogP contribution in [0.5, 0.6) is 5.75 Å². The van der Waals surface area contributed by atoms with E-state index in [2.05, 4.69) is 15.3 Å². The van der Waals surface area contributed by atoms with Crippen molar-refractivity contribution >= 4 is 34.4 Å². The van der Waals surface area contributed by atoms with Crippen LogP contribution in [0, 0.1) is 5.82 Å². The van der Waals surface area contributed by atoms with Gasteiger partial charge in [-0.15, -0.1) is 0 Å². The number of pyridine rings is 1. The summed E-state index contributed by atoms with van der Waals surface area (Å²) in [6.07, 6.45) is 4.15. The third kappa shape index (κ3) is 5.81. The van der Waals surface area contributed by atoms with E-state index in [0.29, 0.717) is 22.5 Å². The van der Waals surface area contributed by atoms with Crippen LogP contribution in [0.25, 0.3) is 16.5 Å². The van der Waals surface area contributed by atoms with E-state index in [9.17, 15) is 18.8 Å². The molecule has 0 saturated heterocycles. The first-order valence-corrected chi connectivity index (χ1v) is 13.1. The number of amides is 2. The van der Waals surface area contributed by atoms with Crippen molar-refractivity contribution in [2.75, 3.05) is 13.2 Å². The molecule has 1 aliphatic rings. The van der Waals surface area contributed by atoms with Crippen molar-refractivity contribution < 1.29 is 28.2 Å². The molecule has 2 aromatic carbocycles. The number of carbonyl (C=O) groups excluding carboxylic acids is 3. The van der Waals surface area contributed by atoms with E-state index in [-0.39, 0.29) is 31.2 Å². The quantitative estimate of drug-likeness (QED) is 0.311. The second-order valence-corrected chi connectivity index (χ2v) is 10.3. The summed E-state index contributed by atoms with van der Waals surface area (Å²) in [6.45, 7) is 6.33. The van der Waals surface area contributed by atoms with Crippen LogP contribution in [0.3, 0.4) is 0 Å². The van der Waals surface area contributed by atoms with Crippen molar-refractivity contribution in [2.24, 2.45) is 0 Å². The third-order valence-electron chi connectivity index (χ3n) is 6.81. The molecule has 0 radical (unpaired) electrons. The number of nitrogens with zero attached hydrogens (tertiary/aromatic N) is 2. The van der Waals surface area contributed by atoms with Gasteiger partial charge in [0.1, 0.15) is 11.6 Å². The van der Waals surface area contributed by atoms with E-state index in [1.54, 1.807) is 43.6 Å². The fourth-order valence-corrected chi connectivity index (χ4v) is 4.99. The molecule has 0 fully saturated rings. The van der Waals surface area contributed by atoms with Crippen LogP contribution < -0.4 is 10.1 Å². The van der Waals surface area contributed by atoms with Gasteiger partial charge in [-0.1, -0.05) is 13.8 Å². The van der Waals surface area contributed by atoms with Gasteiger partial charge in [-0.3, -0.25) is 9.78 Å². The zero-order valence-electron chi connectivity index (χ0n) is 22.9. The number of aromatic nitrogens is 2. The Morgan fingerprint density at radius 3 is 2.51 bits per heavy atom. The highest BCUT2D eigenvalue weighted by molar-refractivity contribution is 6.18. The van der Waals surface area contributed by atoms with Gasteiger partial charge in [0.05, 0.1) is 17.9 Å². The molecule has 3 heterocycles. The second-order valence-electron chi connectivity index (χ2n) is 10.3. The molecule has 0 bridgehead atoms. The van der Waals surface area contributed by atoms with E-state index in [4.69, 9.17) is 9.47 Å². The molecule has 10 heteroatoms. The lowest BCUT2D eigenvalue weighted by molar-refractivity contribution is -0.136. The Labute approximate surface area is 236 Å². The van der Waals surface area contributed by atoms with Crippen LogP contribution in [0.2, 0.25) is 0 Å². The Morgan fingerprint density at radius 2 is 1.80 bits per heavy atom. The molecule has 1 aliphatic heterocycles. The van der Waals surface area contributed by atoms with Crippen LogP contribution in [0.15, 0.2) is 73.2 Å². The topological polar surface area (TPSA) is 114 Å². The fraction of sp³-hybridized carbons (Fsp3) is 0.226. The standard InChI is InChI=1S/C31H29FN4O5/c1-4-40-29(38)24-17-36(28(37)20-5-7-21(32)8-6-20)18-31(2,3)26-23-10-9-22(15-25(23)35-27(24)26)41-30(39)34-16-19-11-13-33-14-12-19/h5-15,17,35H,4,16,18H2,1-3H3,(H,34,39). The van der Waals surface area contributed by atoms with Crippen LogP contribution >= 0.6 is 0 Å². The summed E-state index contributed by atoms with van der Waals surface area (Å²) in [7, 11) is 0. The highest BCUT2D eigenvalue weighted by Crippen LogP contribution is 2.41. The molecule has 9 nitrogen and oxygen atoms in total. The highest BCUT2D eigenvalue weighted by atomic mass is 19.1. The maximum Gasteiger partial charge on any atom is 0.412 e. The molecule has 0 atom stereocenters. The lowest BCUT2D eigenvalue weighted by atomic mass is 9.81. The smallest absolute Gasteiger partial charge is 0.412 e. The number of H-pyrrole nitrogens is 1. The van der Waals surface area contributed by atoms with Crippen molar-refractivity contribution in [3.63, 3.8) is 0 Å². The van der Waals surface area contributed by atoms with E-state index in [1.165, 1.54) is 35.4 Å². The van der Waals surface area contributed by atoms with E-state index < -0.39 is 23.3 Å². The normalized spacial score (nSPS) is 14.0. The number of aromatic amines is 1. The minimum Gasteiger partial charge on any atom is -0.462 e. The summed E-state index contributed by atoms with van der Waals surface area (Å²) in [6, 6.07) is 14.1. The van der Waals surface area contributed by atoms with E-state index >= 15 is 0 Å². The van der Waals surface area contributed by atoms with Gasteiger partial charge in [0.25, 0.3) is 5.91 Å². The van der Waals surface area contributed by atoms with Gasteiger partial charge in [-0.05, 0) is 66.6 Å². The second kappa shape index (κ2) is 11.2. The molecule has 41 heavy (non-hydrogen) atoms. The average Bonchev–Trinajstić information content (AvgIpc) is 3.29. The highest BCUT2D eigenvalue weighted by Gasteiger charge is 2.37. The monoisotopic (exact) mass is 556 g/mol. The van der Waals surface area contributed by atoms with Crippen molar-refractivity contribution in [1.29, 1.82) is 0 Å². The molecule has 210 valence electrons. The van der Waals surface area contributed by atoms with Gasteiger partial charge in [-0.2, -0.15) is 0 Å². The molecular formula is C31H29FN4O5. The summed E-state index contributed by atoms with van der Waals surface area (Å²) in [4.78, 5) is 47.8. The number of hydrogen-bond acceptors (Lipinski definition) is 6. The average molecular weight is 557 g/mol. The summed E-state index contributed by atoms with van der Waals surface area (Å²) in [5.41, 5.74) is 2.70. The predicted molar refractivity (Wildman–Crippen MR) is 150 cm³/mol. The summed E-state index contributed by atoms with van der Waals surface area (Å²) in [5, 5.41) is 3.51. The van der Waals surface area contributed by atoms with Gasteiger partial charge >= 0.3 is 12.1 Å². The van der Waals surface area contributed by atoms with E-state index in [0.717, 1.165) is 16.5 Å². The maximum atomic E-state index is 13.5. The molecule has 0 spiro atoms. The number of benzene rings is 2. The number of esters is 1. The van der Waals surface area contributed by atoms with Crippen molar-refractivity contribution in [2.45, 2.75) is 32.7 Å². The molecule has 0 saturated carbocycles. The fourth-order valence-electron chi connectivity index (χ4n) is 4.99. The Bertz CT molecular complexity index is 1640. The van der Waals surface area contributed by atoms with Gasteiger partial charge in [0.15, 0.2) is 0 Å². The maximum absolute atomic E-state index is 13.5. The first-order valence-electron chi connectivity index (χ1n) is 13.1. The number of hydrogen-bond donors (Lipinski definition) is 2. The van der Waals surface area contributed by atoms with Crippen molar-refractivity contribution in [1.82, 2.24) is 20.2 Å². The van der Waals surface area contributed by atoms with Gasteiger partial charge in [0.2, 0.25) is 0 Å². The summed E-state index contributed by atoms with van der Waals surface area (Å²) in [5.74, 6) is -1.10. The largest absolute Gasteiger partial charge is 0.462 e. The minimum atomic E-state index is -0.627. The van der Waals surface area contributed by atoms with Gasteiger partial charge in [-0.25, -0.2) is 14.0 Å². The first-order chi connectivity index (χ1) is 19.7. The van der Waals surface area contributed by atoms with Crippen LogP contribution in [-0.4, -0.2) is 46.0 Å². The third-order valence-corrected chi connectivity index (χ3v) is 6.81. The zero-order valence-corrected chi connectivity index (χ0v) is 22.9. The molecule has 2 N–H and O–H groups in total. The van der Waals surface area contributed by atoms with Crippen LogP contribution in [0.4, 0.5) is 9.18 Å². The number of halogens is 1. The predicted octanol–water partition coefficient (Wildman–Crippen LogP) is 5.33. The van der Waals surface area contributed by atoms with Gasteiger partial charge in [0, 0.05) is 59.6 Å².